The lowest BCUT2D eigenvalue weighted by Gasteiger charge is -2.00. The standard InChI is InChI=1S/C12H14OS/c13-11(6-8-4-5-14-7-8)12-9-2-1-3-10(9)12/h4-5,7,9-10,12H,1-3,6H2. The van der Waals surface area contributed by atoms with E-state index in [-0.39, 0.29) is 0 Å². The molecule has 0 saturated heterocycles. The van der Waals surface area contributed by atoms with Gasteiger partial charge in [-0.3, -0.25) is 4.79 Å². The van der Waals surface area contributed by atoms with Gasteiger partial charge in [0.1, 0.15) is 5.78 Å². The second-order valence-corrected chi connectivity index (χ2v) is 5.34. The fourth-order valence-corrected chi connectivity index (χ4v) is 3.68. The van der Waals surface area contributed by atoms with Crippen molar-refractivity contribution in [2.75, 3.05) is 0 Å². The number of ketones is 1. The van der Waals surface area contributed by atoms with Crippen LogP contribution in [0.1, 0.15) is 24.8 Å². The lowest BCUT2D eigenvalue weighted by Crippen LogP contribution is -2.08. The Labute approximate surface area is 88.1 Å². The Morgan fingerprint density at radius 3 is 2.86 bits per heavy atom. The van der Waals surface area contributed by atoms with Crippen molar-refractivity contribution in [3.8, 4) is 0 Å². The first-order chi connectivity index (χ1) is 6.86. The van der Waals surface area contributed by atoms with Gasteiger partial charge in [0.15, 0.2) is 0 Å². The molecule has 3 rings (SSSR count). The summed E-state index contributed by atoms with van der Waals surface area (Å²) in [6.45, 7) is 0. The number of Topliss-reactive ketones (excluding diaryl/α,β-unsaturated/α-hetero) is 1. The number of carbonyl (C=O) groups is 1. The Hall–Kier alpha value is -0.630. The van der Waals surface area contributed by atoms with Gasteiger partial charge in [-0.1, -0.05) is 6.42 Å². The molecular formula is C12H14OS. The molecule has 74 valence electrons. The molecule has 1 aromatic heterocycles. The predicted octanol–water partition coefficient (Wildman–Crippen LogP) is 2.91. The normalized spacial score (nSPS) is 34.1. The Kier molecular flexibility index (Phi) is 1.98. The highest BCUT2D eigenvalue weighted by Crippen LogP contribution is 2.58. The topological polar surface area (TPSA) is 17.1 Å². The van der Waals surface area contributed by atoms with Crippen molar-refractivity contribution in [3.63, 3.8) is 0 Å². The molecule has 2 saturated carbocycles. The average Bonchev–Trinajstić information content (AvgIpc) is 2.63. The van der Waals surface area contributed by atoms with Crippen molar-refractivity contribution < 1.29 is 4.79 Å². The van der Waals surface area contributed by atoms with Gasteiger partial charge >= 0.3 is 0 Å². The van der Waals surface area contributed by atoms with Crippen LogP contribution in [0.3, 0.4) is 0 Å². The first-order valence-electron chi connectivity index (χ1n) is 5.40. The summed E-state index contributed by atoms with van der Waals surface area (Å²) in [5, 5.41) is 4.15. The van der Waals surface area contributed by atoms with Crippen LogP contribution in [0.4, 0.5) is 0 Å². The maximum absolute atomic E-state index is 11.9. The van der Waals surface area contributed by atoms with Gasteiger partial charge in [-0.2, -0.15) is 11.3 Å². The molecule has 1 nitrogen and oxygen atoms in total. The molecule has 0 radical (unpaired) electrons. The molecule has 0 spiro atoms. The summed E-state index contributed by atoms with van der Waals surface area (Å²) in [5.41, 5.74) is 1.21. The summed E-state index contributed by atoms with van der Waals surface area (Å²) in [5.74, 6) is 2.50. The Bertz CT molecular complexity index is 331. The van der Waals surface area contributed by atoms with Crippen LogP contribution in [-0.4, -0.2) is 5.78 Å². The molecule has 1 aromatic rings. The molecule has 2 unspecified atom stereocenters. The third-order valence-corrected chi connectivity index (χ3v) is 4.47. The van der Waals surface area contributed by atoms with Crippen LogP contribution in [0.5, 0.6) is 0 Å². The molecule has 0 amide bonds. The fraction of sp³-hybridized carbons (Fsp3) is 0.583. The van der Waals surface area contributed by atoms with Crippen LogP contribution < -0.4 is 0 Å². The Morgan fingerprint density at radius 1 is 1.43 bits per heavy atom. The number of fused-ring (bicyclic) bond motifs is 1. The van der Waals surface area contributed by atoms with Crippen LogP contribution in [0.25, 0.3) is 0 Å². The highest BCUT2D eigenvalue weighted by Gasteiger charge is 2.55. The zero-order chi connectivity index (χ0) is 9.54. The van der Waals surface area contributed by atoms with Crippen molar-refractivity contribution in [1.82, 2.24) is 0 Å². The van der Waals surface area contributed by atoms with Gasteiger partial charge in [-0.05, 0) is 47.1 Å². The van der Waals surface area contributed by atoms with Crippen molar-refractivity contribution in [2.45, 2.75) is 25.7 Å². The minimum Gasteiger partial charge on any atom is -0.299 e. The van der Waals surface area contributed by atoms with Gasteiger partial charge < -0.3 is 0 Å². The highest BCUT2D eigenvalue weighted by molar-refractivity contribution is 7.07. The van der Waals surface area contributed by atoms with Crippen molar-refractivity contribution >= 4 is 17.1 Å². The van der Waals surface area contributed by atoms with Crippen LogP contribution in [0.2, 0.25) is 0 Å². The molecule has 1 heterocycles. The van der Waals surface area contributed by atoms with Gasteiger partial charge in [0.05, 0.1) is 0 Å². The van der Waals surface area contributed by atoms with E-state index >= 15 is 0 Å². The van der Waals surface area contributed by atoms with E-state index in [9.17, 15) is 4.79 Å². The number of rotatable bonds is 3. The lowest BCUT2D eigenvalue weighted by atomic mass is 10.0. The van der Waals surface area contributed by atoms with Crippen LogP contribution >= 0.6 is 11.3 Å². The summed E-state index contributed by atoms with van der Waals surface area (Å²) in [6, 6.07) is 2.07. The van der Waals surface area contributed by atoms with Gasteiger partial charge in [-0.15, -0.1) is 0 Å². The Morgan fingerprint density at radius 2 is 2.21 bits per heavy atom. The van der Waals surface area contributed by atoms with E-state index in [0.717, 1.165) is 11.8 Å². The van der Waals surface area contributed by atoms with Crippen LogP contribution in [-0.2, 0) is 11.2 Å². The Balaban J connectivity index is 1.62. The lowest BCUT2D eigenvalue weighted by molar-refractivity contribution is -0.120. The number of thiophene rings is 1. The molecular weight excluding hydrogens is 192 g/mol. The summed E-state index contributed by atoms with van der Waals surface area (Å²) in [7, 11) is 0. The third kappa shape index (κ3) is 1.33. The molecule has 2 fully saturated rings. The largest absolute Gasteiger partial charge is 0.299 e. The molecule has 0 aromatic carbocycles. The minimum atomic E-state index is 0.448. The predicted molar refractivity (Wildman–Crippen MR) is 57.4 cm³/mol. The quantitative estimate of drug-likeness (QED) is 0.743. The zero-order valence-corrected chi connectivity index (χ0v) is 8.93. The van der Waals surface area contributed by atoms with Crippen molar-refractivity contribution in [1.29, 1.82) is 0 Å². The number of carbonyl (C=O) groups excluding carboxylic acids is 1. The molecule has 2 heteroatoms. The fourth-order valence-electron chi connectivity index (χ4n) is 3.01. The maximum atomic E-state index is 11.9. The molecule has 2 atom stereocenters. The van der Waals surface area contributed by atoms with Gasteiger partial charge in [0.25, 0.3) is 0 Å². The monoisotopic (exact) mass is 206 g/mol. The maximum Gasteiger partial charge on any atom is 0.140 e. The molecule has 2 aliphatic carbocycles. The first-order valence-corrected chi connectivity index (χ1v) is 6.34. The molecule has 0 bridgehead atoms. The average molecular weight is 206 g/mol. The van der Waals surface area contributed by atoms with E-state index in [1.807, 2.05) is 0 Å². The van der Waals surface area contributed by atoms with E-state index in [4.69, 9.17) is 0 Å². The van der Waals surface area contributed by atoms with Gasteiger partial charge in [0.2, 0.25) is 0 Å². The second-order valence-electron chi connectivity index (χ2n) is 4.56. The van der Waals surface area contributed by atoms with Gasteiger partial charge in [0, 0.05) is 12.3 Å². The van der Waals surface area contributed by atoms with E-state index < -0.39 is 0 Å². The SMILES string of the molecule is O=C(Cc1ccsc1)C1C2CCCC21. The smallest absolute Gasteiger partial charge is 0.140 e. The van der Waals surface area contributed by atoms with E-state index in [1.165, 1.54) is 24.8 Å². The zero-order valence-electron chi connectivity index (χ0n) is 8.11. The molecule has 14 heavy (non-hydrogen) atoms. The van der Waals surface area contributed by atoms with E-state index in [0.29, 0.717) is 18.1 Å². The third-order valence-electron chi connectivity index (χ3n) is 3.74. The first kappa shape index (κ1) is 8.66. The highest BCUT2D eigenvalue weighted by atomic mass is 32.1. The van der Waals surface area contributed by atoms with Crippen LogP contribution in [0, 0.1) is 17.8 Å². The summed E-state index contributed by atoms with van der Waals surface area (Å²) < 4.78 is 0. The van der Waals surface area contributed by atoms with E-state index in [1.54, 1.807) is 11.3 Å². The molecule has 2 aliphatic rings. The van der Waals surface area contributed by atoms with Crippen molar-refractivity contribution in [3.05, 3.63) is 22.4 Å². The molecule has 0 aliphatic heterocycles. The van der Waals surface area contributed by atoms with E-state index in [2.05, 4.69) is 16.8 Å². The number of hydrogen-bond donors (Lipinski definition) is 0. The van der Waals surface area contributed by atoms with Crippen molar-refractivity contribution in [2.24, 2.45) is 17.8 Å². The minimum absolute atomic E-state index is 0.448. The second kappa shape index (κ2) is 3.20. The molecule has 0 N–H and O–H groups in total. The summed E-state index contributed by atoms with van der Waals surface area (Å²) >= 11 is 1.68. The summed E-state index contributed by atoms with van der Waals surface area (Å²) in [4.78, 5) is 11.9. The van der Waals surface area contributed by atoms with Crippen LogP contribution in [0.15, 0.2) is 16.8 Å². The van der Waals surface area contributed by atoms with Gasteiger partial charge in [-0.25, -0.2) is 0 Å². The number of hydrogen-bond acceptors (Lipinski definition) is 2. The summed E-state index contributed by atoms with van der Waals surface area (Å²) in [6.07, 6.45) is 4.66.